The van der Waals surface area contributed by atoms with Crippen molar-refractivity contribution >= 4 is 11.6 Å². The van der Waals surface area contributed by atoms with Crippen molar-refractivity contribution in [3.05, 3.63) is 48.0 Å². The Morgan fingerprint density at radius 3 is 2.76 bits per heavy atom. The highest BCUT2D eigenvalue weighted by atomic mass is 19.4. The summed E-state index contributed by atoms with van der Waals surface area (Å²) in [5.74, 6) is -0.583. The molecule has 0 saturated carbocycles. The molecule has 0 unspecified atom stereocenters. The molecule has 5 nitrogen and oxygen atoms in total. The minimum absolute atomic E-state index is 0.0813. The number of hydrogen-bond donors (Lipinski definition) is 2. The van der Waals surface area contributed by atoms with Crippen molar-refractivity contribution in [1.82, 2.24) is 14.9 Å². The minimum atomic E-state index is -4.59. The normalized spacial score (nSPS) is 11.4. The summed E-state index contributed by atoms with van der Waals surface area (Å²) in [4.78, 5) is 15.7. The number of nitrogen functional groups attached to an aromatic ring is 1. The fraction of sp³-hybridized carbons (Fsp3) is 0.231. The van der Waals surface area contributed by atoms with Crippen molar-refractivity contribution in [1.29, 1.82) is 0 Å². The monoisotopic (exact) mass is 298 g/mol. The molecule has 1 heterocycles. The molecule has 0 atom stereocenters. The lowest BCUT2D eigenvalue weighted by molar-refractivity contribution is -0.136. The van der Waals surface area contributed by atoms with Gasteiger partial charge in [0.25, 0.3) is 5.91 Å². The number of carbonyl (C=O) groups excluding carboxylic acids is 1. The predicted molar refractivity (Wildman–Crippen MR) is 70.4 cm³/mol. The molecule has 0 aliphatic heterocycles. The quantitative estimate of drug-likeness (QED) is 0.847. The van der Waals surface area contributed by atoms with Crippen molar-refractivity contribution in [3.63, 3.8) is 0 Å². The predicted octanol–water partition coefficient (Wildman–Crippen LogP) is 1.91. The van der Waals surface area contributed by atoms with Crippen LogP contribution in [0.1, 0.15) is 15.9 Å². The van der Waals surface area contributed by atoms with Crippen molar-refractivity contribution in [2.75, 3.05) is 12.3 Å². The smallest absolute Gasteiger partial charge is 0.398 e. The number of nitrogens with one attached hydrogen (secondary N) is 1. The summed E-state index contributed by atoms with van der Waals surface area (Å²) in [7, 11) is 0. The first-order valence-electron chi connectivity index (χ1n) is 6.08. The highest BCUT2D eigenvalue weighted by Crippen LogP contribution is 2.33. The Labute approximate surface area is 118 Å². The zero-order valence-electron chi connectivity index (χ0n) is 10.9. The van der Waals surface area contributed by atoms with Crippen LogP contribution < -0.4 is 11.1 Å². The molecule has 2 rings (SSSR count). The number of aromatic nitrogens is 2. The molecular weight excluding hydrogens is 285 g/mol. The molecule has 1 aromatic heterocycles. The molecule has 112 valence electrons. The Kier molecular flexibility index (Phi) is 4.15. The van der Waals surface area contributed by atoms with Crippen molar-refractivity contribution in [2.45, 2.75) is 12.7 Å². The third kappa shape index (κ3) is 3.74. The van der Waals surface area contributed by atoms with E-state index in [0.717, 1.165) is 12.1 Å². The molecule has 0 bridgehead atoms. The van der Waals surface area contributed by atoms with E-state index in [0.29, 0.717) is 6.54 Å². The number of hydrogen-bond acceptors (Lipinski definition) is 3. The summed E-state index contributed by atoms with van der Waals surface area (Å²) in [6.07, 6.45) is 0.308. The Bertz CT molecular complexity index is 623. The highest BCUT2D eigenvalue weighted by Gasteiger charge is 2.33. The number of imidazole rings is 1. The van der Waals surface area contributed by atoms with E-state index in [1.165, 1.54) is 6.07 Å². The van der Waals surface area contributed by atoms with Gasteiger partial charge < -0.3 is 15.6 Å². The lowest BCUT2D eigenvalue weighted by atomic mass is 10.1. The number of amides is 1. The molecule has 2 aromatic rings. The molecule has 1 amide bonds. The molecule has 0 aliphatic rings. The standard InChI is InChI=1S/C13H13F3N4O/c14-13(15,16)10-7-9(1-2-11(10)17)12(21)19-4-6-20-5-3-18-8-20/h1-3,5,7-8H,4,6,17H2,(H,19,21). The van der Waals surface area contributed by atoms with Crippen LogP contribution in [0.25, 0.3) is 0 Å². The van der Waals surface area contributed by atoms with Gasteiger partial charge in [-0.05, 0) is 18.2 Å². The Morgan fingerprint density at radius 2 is 2.14 bits per heavy atom. The van der Waals surface area contributed by atoms with Crippen LogP contribution in [-0.4, -0.2) is 22.0 Å². The summed E-state index contributed by atoms with van der Waals surface area (Å²) >= 11 is 0. The SMILES string of the molecule is Nc1ccc(C(=O)NCCn2ccnc2)cc1C(F)(F)F. The maximum atomic E-state index is 12.7. The van der Waals surface area contributed by atoms with E-state index in [9.17, 15) is 18.0 Å². The first-order chi connectivity index (χ1) is 9.88. The van der Waals surface area contributed by atoms with E-state index in [-0.39, 0.29) is 12.1 Å². The minimum Gasteiger partial charge on any atom is -0.398 e. The number of benzene rings is 1. The third-order valence-corrected chi connectivity index (χ3v) is 2.84. The second-order valence-corrected chi connectivity index (χ2v) is 4.36. The van der Waals surface area contributed by atoms with Crippen molar-refractivity contribution < 1.29 is 18.0 Å². The number of halogens is 3. The fourth-order valence-electron chi connectivity index (χ4n) is 1.76. The van der Waals surface area contributed by atoms with Crippen LogP contribution >= 0.6 is 0 Å². The van der Waals surface area contributed by atoms with Gasteiger partial charge in [0, 0.05) is 36.7 Å². The Morgan fingerprint density at radius 1 is 1.38 bits per heavy atom. The third-order valence-electron chi connectivity index (χ3n) is 2.84. The summed E-state index contributed by atoms with van der Waals surface area (Å²) in [6.45, 7) is 0.758. The number of carbonyl (C=O) groups is 1. The van der Waals surface area contributed by atoms with E-state index in [4.69, 9.17) is 5.73 Å². The maximum absolute atomic E-state index is 12.7. The van der Waals surface area contributed by atoms with Gasteiger partial charge in [0.15, 0.2) is 0 Å². The van der Waals surface area contributed by atoms with Crippen molar-refractivity contribution in [2.24, 2.45) is 0 Å². The van der Waals surface area contributed by atoms with Crippen molar-refractivity contribution in [3.8, 4) is 0 Å². The Balaban J connectivity index is 2.02. The van der Waals surface area contributed by atoms with Gasteiger partial charge >= 0.3 is 6.18 Å². The van der Waals surface area contributed by atoms with E-state index >= 15 is 0 Å². The number of nitrogens with two attached hydrogens (primary N) is 1. The van der Waals surface area contributed by atoms with Gasteiger partial charge in [-0.2, -0.15) is 13.2 Å². The van der Waals surface area contributed by atoms with Crippen LogP contribution in [0.2, 0.25) is 0 Å². The first kappa shape index (κ1) is 14.9. The van der Waals surface area contributed by atoms with Crippen LogP contribution in [0.15, 0.2) is 36.9 Å². The molecule has 0 radical (unpaired) electrons. The van der Waals surface area contributed by atoms with Gasteiger partial charge in [-0.1, -0.05) is 0 Å². The largest absolute Gasteiger partial charge is 0.418 e. The summed E-state index contributed by atoms with van der Waals surface area (Å²) in [6, 6.07) is 3.09. The number of nitrogens with zero attached hydrogens (tertiary/aromatic N) is 2. The second-order valence-electron chi connectivity index (χ2n) is 4.36. The highest BCUT2D eigenvalue weighted by molar-refractivity contribution is 5.94. The molecule has 0 aliphatic carbocycles. The molecule has 0 spiro atoms. The molecule has 8 heteroatoms. The lowest BCUT2D eigenvalue weighted by Crippen LogP contribution is -2.27. The molecule has 3 N–H and O–H groups in total. The number of alkyl halides is 3. The van der Waals surface area contributed by atoms with Crippen LogP contribution in [0.5, 0.6) is 0 Å². The summed E-state index contributed by atoms with van der Waals surface area (Å²) < 4.78 is 39.9. The molecule has 21 heavy (non-hydrogen) atoms. The molecule has 0 saturated heterocycles. The molecular formula is C13H13F3N4O. The van der Waals surface area contributed by atoms with Gasteiger partial charge in [-0.3, -0.25) is 4.79 Å². The molecule has 1 aromatic carbocycles. The van der Waals surface area contributed by atoms with E-state index in [1.807, 2.05) is 0 Å². The topological polar surface area (TPSA) is 72.9 Å². The van der Waals surface area contributed by atoms with Gasteiger partial charge in [-0.15, -0.1) is 0 Å². The van der Waals surface area contributed by atoms with Gasteiger partial charge in [-0.25, -0.2) is 4.98 Å². The fourth-order valence-corrected chi connectivity index (χ4v) is 1.76. The number of rotatable bonds is 4. The zero-order valence-corrected chi connectivity index (χ0v) is 10.9. The zero-order chi connectivity index (χ0) is 15.5. The summed E-state index contributed by atoms with van der Waals surface area (Å²) in [5, 5.41) is 2.54. The summed E-state index contributed by atoms with van der Waals surface area (Å²) in [5.41, 5.74) is 3.78. The Hall–Kier alpha value is -2.51. The van der Waals surface area contributed by atoms with E-state index in [2.05, 4.69) is 10.3 Å². The lowest BCUT2D eigenvalue weighted by Gasteiger charge is -2.12. The average molecular weight is 298 g/mol. The van der Waals surface area contributed by atoms with Gasteiger partial charge in [0.1, 0.15) is 0 Å². The van der Waals surface area contributed by atoms with Crippen LogP contribution in [-0.2, 0) is 12.7 Å². The average Bonchev–Trinajstić information content (AvgIpc) is 2.91. The first-order valence-corrected chi connectivity index (χ1v) is 6.08. The second kappa shape index (κ2) is 5.86. The van der Waals surface area contributed by atoms with Gasteiger partial charge in [0.05, 0.1) is 11.9 Å². The van der Waals surface area contributed by atoms with Crippen LogP contribution in [0.4, 0.5) is 18.9 Å². The van der Waals surface area contributed by atoms with E-state index < -0.39 is 23.3 Å². The maximum Gasteiger partial charge on any atom is 0.418 e. The van der Waals surface area contributed by atoms with Crippen LogP contribution in [0, 0.1) is 0 Å². The van der Waals surface area contributed by atoms with Gasteiger partial charge in [0.2, 0.25) is 0 Å². The van der Waals surface area contributed by atoms with Crippen LogP contribution in [0.3, 0.4) is 0 Å². The van der Waals surface area contributed by atoms with E-state index in [1.54, 1.807) is 23.3 Å². The number of anilines is 1. The molecule has 0 fully saturated rings.